The molecule has 2 aliphatic rings. The lowest BCUT2D eigenvalue weighted by molar-refractivity contribution is -0.137. The maximum absolute atomic E-state index is 13.4. The first-order valence-corrected chi connectivity index (χ1v) is 13.8. The molecule has 2 aliphatic carbocycles. The minimum Gasteiger partial charge on any atom is -0.467 e. The zero-order valence-corrected chi connectivity index (χ0v) is 23.1. The maximum atomic E-state index is 13.4. The van der Waals surface area contributed by atoms with Crippen LogP contribution >= 0.6 is 0 Å². The Hall–Kier alpha value is -4.37. The van der Waals surface area contributed by atoms with E-state index in [9.17, 15) is 26.7 Å². The number of carbonyl (C=O) groups is 1. The van der Waals surface area contributed by atoms with Crippen molar-refractivity contribution in [3.63, 3.8) is 0 Å². The summed E-state index contributed by atoms with van der Waals surface area (Å²) in [5.74, 6) is 0.105. The van der Waals surface area contributed by atoms with Gasteiger partial charge in [0.1, 0.15) is 17.2 Å². The third-order valence-electron chi connectivity index (χ3n) is 7.17. The van der Waals surface area contributed by atoms with Gasteiger partial charge in [-0.1, -0.05) is 0 Å². The molecule has 5 rings (SSSR count). The number of alkyl halides is 5. The van der Waals surface area contributed by atoms with Crippen molar-refractivity contribution in [3.8, 4) is 17.1 Å². The number of hydrogen-bond donors (Lipinski definition) is 3. The lowest BCUT2D eigenvalue weighted by Gasteiger charge is -2.36. The van der Waals surface area contributed by atoms with E-state index in [0.29, 0.717) is 36.8 Å². The molecule has 0 aromatic carbocycles. The molecular weight excluding hydrogens is 577 g/mol. The highest BCUT2D eigenvalue weighted by molar-refractivity contribution is 5.91. The normalized spacial score (nSPS) is 18.7. The zero-order valence-electron chi connectivity index (χ0n) is 23.1. The van der Waals surface area contributed by atoms with Gasteiger partial charge in [-0.25, -0.2) is 33.5 Å². The van der Waals surface area contributed by atoms with E-state index in [-0.39, 0.29) is 41.7 Å². The molecule has 0 aliphatic heterocycles. The minimum atomic E-state index is -4.59. The van der Waals surface area contributed by atoms with Crippen LogP contribution in [0.5, 0.6) is 6.01 Å². The number of methoxy groups -OCH3 is 1. The highest BCUT2D eigenvalue weighted by Gasteiger charge is 2.37. The number of aromatic nitrogens is 5. The average molecular weight is 608 g/mol. The van der Waals surface area contributed by atoms with Crippen LogP contribution in [-0.2, 0) is 6.18 Å². The summed E-state index contributed by atoms with van der Waals surface area (Å²) in [5.41, 5.74) is 0.428. The number of nitrogens with zero attached hydrogens (tertiary/aromatic N) is 6. The van der Waals surface area contributed by atoms with Crippen molar-refractivity contribution in [3.05, 3.63) is 42.5 Å². The smallest absolute Gasteiger partial charge is 0.421 e. The van der Waals surface area contributed by atoms with Gasteiger partial charge >= 0.3 is 18.2 Å². The van der Waals surface area contributed by atoms with Gasteiger partial charge in [-0.3, -0.25) is 4.90 Å². The van der Waals surface area contributed by atoms with Crippen molar-refractivity contribution in [1.82, 2.24) is 30.2 Å². The van der Waals surface area contributed by atoms with Gasteiger partial charge < -0.3 is 20.7 Å². The van der Waals surface area contributed by atoms with Crippen LogP contribution in [0, 0.1) is 0 Å². The molecule has 2 saturated carbocycles. The Morgan fingerprint density at radius 1 is 0.930 bits per heavy atom. The summed E-state index contributed by atoms with van der Waals surface area (Å²) in [5, 5.41) is 8.20. The van der Waals surface area contributed by atoms with Crippen LogP contribution < -0.4 is 25.6 Å². The molecule has 3 heterocycles. The molecule has 16 heteroatoms. The Morgan fingerprint density at radius 2 is 1.58 bits per heavy atom. The second-order valence-electron chi connectivity index (χ2n) is 10.3. The van der Waals surface area contributed by atoms with Crippen molar-refractivity contribution >= 4 is 23.6 Å². The number of urea groups is 1. The Bertz CT molecular complexity index is 1380. The van der Waals surface area contributed by atoms with E-state index in [4.69, 9.17) is 4.74 Å². The number of anilines is 3. The van der Waals surface area contributed by atoms with E-state index in [1.165, 1.54) is 18.2 Å². The fourth-order valence-corrected chi connectivity index (χ4v) is 4.83. The predicted molar refractivity (Wildman–Crippen MR) is 147 cm³/mol. The predicted octanol–water partition coefficient (Wildman–Crippen LogP) is 5.13. The quantitative estimate of drug-likeness (QED) is 0.269. The van der Waals surface area contributed by atoms with Crippen LogP contribution in [0.3, 0.4) is 0 Å². The molecule has 3 aromatic rings. The maximum Gasteiger partial charge on any atom is 0.421 e. The van der Waals surface area contributed by atoms with Crippen molar-refractivity contribution in [2.45, 2.75) is 69.3 Å². The Balaban J connectivity index is 1.27. The SMILES string of the molecule is COc1ncc(-c2ccc(N(C(=O)NCC(F)F)C3CCC(Nc4ncc(C(F)(F)F)c(NC5CC5)n4)CC3)nc2)cn1. The summed E-state index contributed by atoms with van der Waals surface area (Å²) >= 11 is 0. The van der Waals surface area contributed by atoms with Crippen molar-refractivity contribution in [2.75, 3.05) is 29.2 Å². The Morgan fingerprint density at radius 3 is 2.16 bits per heavy atom. The van der Waals surface area contributed by atoms with Gasteiger partial charge in [0, 0.05) is 54.0 Å². The summed E-state index contributed by atoms with van der Waals surface area (Å²) in [6, 6.07) is 2.29. The van der Waals surface area contributed by atoms with Gasteiger partial charge in [-0.15, -0.1) is 0 Å². The summed E-state index contributed by atoms with van der Waals surface area (Å²) in [6.45, 7) is -0.810. The Kier molecular flexibility index (Phi) is 9.01. The number of halogens is 5. The summed E-state index contributed by atoms with van der Waals surface area (Å²) in [4.78, 5) is 35.0. The van der Waals surface area contributed by atoms with Crippen LogP contribution in [-0.4, -0.2) is 69.2 Å². The van der Waals surface area contributed by atoms with Crippen molar-refractivity contribution in [2.24, 2.45) is 0 Å². The first kappa shape index (κ1) is 30.1. The van der Waals surface area contributed by atoms with Crippen LogP contribution in [0.1, 0.15) is 44.1 Å². The largest absolute Gasteiger partial charge is 0.467 e. The zero-order chi connectivity index (χ0) is 30.6. The van der Waals surface area contributed by atoms with Crippen LogP contribution in [0.15, 0.2) is 36.9 Å². The lowest BCUT2D eigenvalue weighted by atomic mass is 9.90. The van der Waals surface area contributed by atoms with Crippen molar-refractivity contribution in [1.29, 1.82) is 0 Å². The molecule has 0 radical (unpaired) electrons. The molecule has 2 fully saturated rings. The van der Waals surface area contributed by atoms with Gasteiger partial charge in [-0.05, 0) is 50.7 Å². The number of pyridine rings is 1. The van der Waals surface area contributed by atoms with E-state index >= 15 is 0 Å². The molecule has 0 unspecified atom stereocenters. The fourth-order valence-electron chi connectivity index (χ4n) is 4.83. The van der Waals surface area contributed by atoms with Gasteiger partial charge in [-0.2, -0.15) is 18.2 Å². The van der Waals surface area contributed by atoms with E-state index < -0.39 is 30.7 Å². The molecule has 0 spiro atoms. The molecule has 0 saturated heterocycles. The number of amides is 2. The highest BCUT2D eigenvalue weighted by atomic mass is 19.4. The molecule has 43 heavy (non-hydrogen) atoms. The van der Waals surface area contributed by atoms with E-state index in [1.807, 2.05) is 0 Å². The first-order valence-electron chi connectivity index (χ1n) is 13.8. The lowest BCUT2D eigenvalue weighted by Crippen LogP contribution is -2.50. The first-order chi connectivity index (χ1) is 20.6. The second-order valence-corrected chi connectivity index (χ2v) is 10.3. The number of nitrogens with one attached hydrogen (secondary N) is 3. The Labute approximate surface area is 243 Å². The number of carbonyl (C=O) groups excluding carboxylic acids is 1. The average Bonchev–Trinajstić information content (AvgIpc) is 3.81. The number of rotatable bonds is 10. The fraction of sp³-hybridized carbons (Fsp3) is 0.481. The summed E-state index contributed by atoms with van der Waals surface area (Å²) in [6.07, 6.45) is 1.70. The molecule has 3 aromatic heterocycles. The second kappa shape index (κ2) is 12.9. The number of ether oxygens (including phenoxy) is 1. The summed E-state index contributed by atoms with van der Waals surface area (Å²) < 4.78 is 71.1. The van der Waals surface area contributed by atoms with Gasteiger partial charge in [0.2, 0.25) is 5.95 Å². The number of hydrogen-bond acceptors (Lipinski definition) is 9. The van der Waals surface area contributed by atoms with Gasteiger partial charge in [0.25, 0.3) is 6.43 Å². The van der Waals surface area contributed by atoms with Gasteiger partial charge in [0.05, 0.1) is 13.7 Å². The van der Waals surface area contributed by atoms with E-state index in [0.717, 1.165) is 19.0 Å². The molecule has 230 valence electrons. The van der Waals surface area contributed by atoms with Crippen LogP contribution in [0.4, 0.5) is 44.3 Å². The molecule has 11 nitrogen and oxygen atoms in total. The monoisotopic (exact) mass is 607 g/mol. The molecule has 0 bridgehead atoms. The summed E-state index contributed by atoms with van der Waals surface area (Å²) in [7, 11) is 1.45. The minimum absolute atomic E-state index is 0.0336. The highest BCUT2D eigenvalue weighted by Crippen LogP contribution is 2.36. The van der Waals surface area contributed by atoms with Crippen molar-refractivity contribution < 1.29 is 31.5 Å². The van der Waals surface area contributed by atoms with Crippen LogP contribution in [0.25, 0.3) is 11.1 Å². The third kappa shape index (κ3) is 7.73. The molecule has 0 atom stereocenters. The van der Waals surface area contributed by atoms with Gasteiger partial charge in [0.15, 0.2) is 0 Å². The molecular formula is C27H30F5N9O2. The molecule has 2 amide bonds. The molecule has 3 N–H and O–H groups in total. The third-order valence-corrected chi connectivity index (χ3v) is 7.17. The van der Waals surface area contributed by atoms with Crippen LogP contribution in [0.2, 0.25) is 0 Å². The topological polar surface area (TPSA) is 130 Å². The van der Waals surface area contributed by atoms with E-state index in [1.54, 1.807) is 24.5 Å². The van der Waals surface area contributed by atoms with E-state index in [2.05, 4.69) is 40.9 Å². The standard InChI is InChI=1S/C27H30F5N9O2/c1-43-25-35-11-16(12-36-25)15-2-9-22(33-10-15)41(26(42)37-14-21(28)29)19-7-5-18(6-8-19)39-24-34-13-20(27(30,31)32)23(40-24)38-17-3-4-17/h2,9-13,17-19,21H,3-8,14H2,1H3,(H,37,42)(H2,34,38,39,40).